The number of anilines is 4. The lowest BCUT2D eigenvalue weighted by atomic mass is 10.2. The lowest BCUT2D eigenvalue weighted by Gasteiger charge is -2.23. The van der Waals surface area contributed by atoms with Crippen LogP contribution in [0, 0.1) is 0 Å². The maximum Gasteiger partial charge on any atom is 0.421 e. The summed E-state index contributed by atoms with van der Waals surface area (Å²) in [5, 5.41) is 10.6. The number of carbonyl (C=O) groups is 2. The van der Waals surface area contributed by atoms with Gasteiger partial charge in [-0.05, 0) is 49.5 Å². The van der Waals surface area contributed by atoms with Crippen molar-refractivity contribution < 1.29 is 22.8 Å². The van der Waals surface area contributed by atoms with Crippen molar-refractivity contribution in [3.05, 3.63) is 66.6 Å². The average molecular weight is 545 g/mol. The van der Waals surface area contributed by atoms with E-state index in [2.05, 4.69) is 49.5 Å². The van der Waals surface area contributed by atoms with Crippen molar-refractivity contribution in [3.63, 3.8) is 0 Å². The fraction of sp³-hybridized carbons (Fsp3) is 0.269. The van der Waals surface area contributed by atoms with Crippen molar-refractivity contribution in [2.75, 3.05) is 47.2 Å². The highest BCUT2D eigenvalue weighted by Crippen LogP contribution is 2.29. The molecule has 10 nitrogen and oxygen atoms in total. The number of allylic oxidation sites excluding steroid dienone is 1. The van der Waals surface area contributed by atoms with E-state index < -0.39 is 23.5 Å². The molecule has 1 aromatic carbocycles. The minimum atomic E-state index is -4.77. The monoisotopic (exact) mass is 544 g/mol. The molecule has 0 atom stereocenters. The van der Waals surface area contributed by atoms with Gasteiger partial charge in [-0.2, -0.15) is 13.2 Å². The SMILES string of the molecule is C=CC(=O)Nc1cccc(N/C(N=C)=C(/C=NCNc2ccc(N(CCC)CCNC=O)nc2)C(F)(F)F)c1. The zero-order chi connectivity index (χ0) is 28.7. The number of amides is 2. The van der Waals surface area contributed by atoms with Crippen LogP contribution in [-0.4, -0.2) is 62.7 Å². The van der Waals surface area contributed by atoms with Crippen LogP contribution < -0.4 is 26.2 Å². The van der Waals surface area contributed by atoms with Gasteiger partial charge in [0.2, 0.25) is 12.3 Å². The van der Waals surface area contributed by atoms with E-state index in [1.54, 1.807) is 30.5 Å². The third-order valence-corrected chi connectivity index (χ3v) is 5.07. The summed E-state index contributed by atoms with van der Waals surface area (Å²) in [6, 6.07) is 9.59. The van der Waals surface area contributed by atoms with Gasteiger partial charge in [-0.25, -0.2) is 9.98 Å². The molecule has 2 rings (SSSR count). The molecule has 1 aromatic heterocycles. The first kappa shape index (κ1) is 30.5. The molecule has 1 heterocycles. The van der Waals surface area contributed by atoms with Crippen molar-refractivity contribution in [2.45, 2.75) is 19.5 Å². The van der Waals surface area contributed by atoms with E-state index in [0.717, 1.165) is 19.0 Å². The Bertz CT molecular complexity index is 1180. The summed E-state index contributed by atoms with van der Waals surface area (Å²) in [6.45, 7) is 10.3. The number of hydrogen-bond acceptors (Lipinski definition) is 8. The Hall–Kier alpha value is -4.68. The number of benzene rings is 1. The number of aromatic nitrogens is 1. The Labute approximate surface area is 224 Å². The third-order valence-electron chi connectivity index (χ3n) is 5.07. The van der Waals surface area contributed by atoms with Gasteiger partial charge in [0.1, 0.15) is 23.9 Å². The minimum Gasteiger partial charge on any atom is -0.365 e. The highest BCUT2D eigenvalue weighted by molar-refractivity contribution is 5.99. The van der Waals surface area contributed by atoms with E-state index in [-0.39, 0.29) is 12.4 Å². The molecule has 4 N–H and O–H groups in total. The molecule has 208 valence electrons. The van der Waals surface area contributed by atoms with Crippen LogP contribution in [0.5, 0.6) is 0 Å². The van der Waals surface area contributed by atoms with Gasteiger partial charge in [0.25, 0.3) is 0 Å². The van der Waals surface area contributed by atoms with Crippen molar-refractivity contribution >= 4 is 48.1 Å². The molecule has 0 radical (unpaired) electrons. The van der Waals surface area contributed by atoms with E-state index in [1.807, 2.05) is 11.8 Å². The van der Waals surface area contributed by atoms with Crippen LogP contribution in [0.15, 0.2) is 76.6 Å². The van der Waals surface area contributed by atoms with E-state index >= 15 is 0 Å². The van der Waals surface area contributed by atoms with Gasteiger partial charge in [-0.15, -0.1) is 0 Å². The minimum absolute atomic E-state index is 0.157. The molecule has 0 aliphatic carbocycles. The summed E-state index contributed by atoms with van der Waals surface area (Å²) in [4.78, 5) is 35.8. The average Bonchev–Trinajstić information content (AvgIpc) is 2.91. The van der Waals surface area contributed by atoms with Gasteiger partial charge in [0, 0.05) is 37.2 Å². The lowest BCUT2D eigenvalue weighted by Crippen LogP contribution is -2.32. The molecular formula is C26H31F3N8O2. The van der Waals surface area contributed by atoms with Crippen LogP contribution >= 0.6 is 0 Å². The second kappa shape index (κ2) is 15.5. The first-order valence-electron chi connectivity index (χ1n) is 11.9. The van der Waals surface area contributed by atoms with E-state index in [4.69, 9.17) is 0 Å². The molecule has 0 aliphatic rings. The number of nitrogens with one attached hydrogen (secondary N) is 4. The molecular weight excluding hydrogens is 513 g/mol. The van der Waals surface area contributed by atoms with Crippen LogP contribution in [0.25, 0.3) is 0 Å². The second-order valence-electron chi connectivity index (χ2n) is 7.93. The van der Waals surface area contributed by atoms with Crippen LogP contribution in [-0.2, 0) is 9.59 Å². The first-order chi connectivity index (χ1) is 18.7. The van der Waals surface area contributed by atoms with Crippen molar-refractivity contribution in [1.29, 1.82) is 0 Å². The molecule has 0 saturated heterocycles. The number of halogens is 3. The molecule has 0 unspecified atom stereocenters. The standard InChI is InChI=1S/C26H31F3N8O2/c1-4-12-37(13-11-31-18-38)23-10-9-21(15-33-23)34-17-32-16-22(26(27,28)29)25(30-3)36-20-8-6-7-19(14-20)35-24(39)5-2/h5-10,14-16,18,34,36H,2-4,11-13,17H2,1H3,(H,31,38)(H,35,39)/b25-22-,32-16?. The molecule has 0 aliphatic heterocycles. The summed E-state index contributed by atoms with van der Waals surface area (Å²) in [7, 11) is 0. The number of carbonyl (C=O) groups excluding carboxylic acids is 2. The van der Waals surface area contributed by atoms with Crippen molar-refractivity contribution in [2.24, 2.45) is 9.98 Å². The zero-order valence-electron chi connectivity index (χ0n) is 21.5. The van der Waals surface area contributed by atoms with Crippen LogP contribution in [0.4, 0.5) is 36.1 Å². The number of hydrogen-bond donors (Lipinski definition) is 4. The van der Waals surface area contributed by atoms with Crippen molar-refractivity contribution in [1.82, 2.24) is 10.3 Å². The fourth-order valence-electron chi connectivity index (χ4n) is 3.29. The molecule has 0 bridgehead atoms. The Morgan fingerprint density at radius 1 is 1.13 bits per heavy atom. The molecule has 0 spiro atoms. The zero-order valence-corrected chi connectivity index (χ0v) is 21.5. The normalized spacial score (nSPS) is 11.8. The number of nitrogens with zero attached hydrogens (tertiary/aromatic N) is 4. The van der Waals surface area contributed by atoms with Gasteiger partial charge < -0.3 is 26.2 Å². The predicted molar refractivity (Wildman–Crippen MR) is 149 cm³/mol. The number of alkyl halides is 3. The number of pyridine rings is 1. The summed E-state index contributed by atoms with van der Waals surface area (Å²) in [5.74, 6) is -0.304. The van der Waals surface area contributed by atoms with E-state index in [9.17, 15) is 22.8 Å². The first-order valence-corrected chi connectivity index (χ1v) is 11.9. The van der Waals surface area contributed by atoms with Gasteiger partial charge in [0.05, 0.1) is 11.9 Å². The van der Waals surface area contributed by atoms with Crippen LogP contribution in [0.1, 0.15) is 13.3 Å². The van der Waals surface area contributed by atoms with Gasteiger partial charge in [0.15, 0.2) is 0 Å². The van der Waals surface area contributed by atoms with E-state index in [1.165, 1.54) is 12.1 Å². The number of rotatable bonds is 16. The molecule has 0 saturated carbocycles. The summed E-state index contributed by atoms with van der Waals surface area (Å²) in [5.41, 5.74) is 0.0366. The highest BCUT2D eigenvalue weighted by Gasteiger charge is 2.35. The van der Waals surface area contributed by atoms with Crippen LogP contribution in [0.3, 0.4) is 0 Å². The van der Waals surface area contributed by atoms with Gasteiger partial charge in [-0.3, -0.25) is 14.6 Å². The Morgan fingerprint density at radius 2 is 1.87 bits per heavy atom. The van der Waals surface area contributed by atoms with Gasteiger partial charge in [-0.1, -0.05) is 19.6 Å². The predicted octanol–water partition coefficient (Wildman–Crippen LogP) is 4.20. The van der Waals surface area contributed by atoms with Crippen molar-refractivity contribution in [3.8, 4) is 0 Å². The maximum absolute atomic E-state index is 13.8. The molecule has 0 fully saturated rings. The summed E-state index contributed by atoms with van der Waals surface area (Å²) >= 11 is 0. The maximum atomic E-state index is 13.8. The Kier molecular flexibility index (Phi) is 12.2. The fourth-order valence-corrected chi connectivity index (χ4v) is 3.29. The smallest absolute Gasteiger partial charge is 0.365 e. The lowest BCUT2D eigenvalue weighted by molar-refractivity contribution is -0.112. The second-order valence-corrected chi connectivity index (χ2v) is 7.93. The Balaban J connectivity index is 2.11. The molecule has 2 aromatic rings. The quantitative estimate of drug-likeness (QED) is 0.109. The topological polar surface area (TPSA) is 123 Å². The molecule has 39 heavy (non-hydrogen) atoms. The molecule has 2 amide bonds. The Morgan fingerprint density at radius 3 is 2.46 bits per heavy atom. The highest BCUT2D eigenvalue weighted by atomic mass is 19.4. The largest absolute Gasteiger partial charge is 0.421 e. The van der Waals surface area contributed by atoms with Crippen LogP contribution in [0.2, 0.25) is 0 Å². The van der Waals surface area contributed by atoms with E-state index in [0.29, 0.717) is 42.9 Å². The third kappa shape index (κ3) is 10.3. The van der Waals surface area contributed by atoms with Gasteiger partial charge >= 0.3 is 6.18 Å². The summed E-state index contributed by atoms with van der Waals surface area (Å²) in [6.07, 6.45) is 0.0467. The number of aliphatic imine (C=N–C) groups is 2. The summed E-state index contributed by atoms with van der Waals surface area (Å²) < 4.78 is 41.4. The molecule has 13 heteroatoms.